The maximum atomic E-state index is 11.2. The van der Waals surface area contributed by atoms with Gasteiger partial charge in [0.15, 0.2) is 5.13 Å². The zero-order valence-electron chi connectivity index (χ0n) is 11.2. The lowest BCUT2D eigenvalue weighted by Crippen LogP contribution is -2.17. The van der Waals surface area contributed by atoms with Crippen molar-refractivity contribution in [1.29, 1.82) is 0 Å². The fourth-order valence-corrected chi connectivity index (χ4v) is 2.66. The van der Waals surface area contributed by atoms with E-state index in [1.54, 1.807) is 7.11 Å². The van der Waals surface area contributed by atoms with Gasteiger partial charge < -0.3 is 14.8 Å². The molecule has 0 aliphatic rings. The number of rotatable bonds is 6. The maximum Gasteiger partial charge on any atom is 0.241 e. The third-order valence-corrected chi connectivity index (χ3v) is 3.64. The molecule has 5 nitrogen and oxygen atoms in total. The predicted octanol–water partition coefficient (Wildman–Crippen LogP) is 2.89. The number of aromatic nitrogens is 1. The second-order valence-corrected chi connectivity index (χ2v) is 5.51. The van der Waals surface area contributed by atoms with Gasteiger partial charge in [0.05, 0.1) is 16.8 Å². The monoisotopic (exact) mass is 314 g/mol. The van der Waals surface area contributed by atoms with E-state index in [2.05, 4.69) is 10.3 Å². The normalized spacial score (nSPS) is 12.3. The number of anilines is 1. The summed E-state index contributed by atoms with van der Waals surface area (Å²) in [7, 11) is 1.64. The molecule has 2 aromatic rings. The number of alkyl halides is 1. The molecule has 1 aromatic heterocycles. The summed E-state index contributed by atoms with van der Waals surface area (Å²) in [5.74, 6) is 0.399. The van der Waals surface area contributed by atoms with Crippen molar-refractivity contribution < 1.29 is 14.3 Å². The van der Waals surface area contributed by atoms with Crippen LogP contribution in [0.4, 0.5) is 5.13 Å². The zero-order chi connectivity index (χ0) is 14.5. The number of hydrogen-bond acceptors (Lipinski definition) is 5. The van der Waals surface area contributed by atoms with E-state index in [9.17, 15) is 4.79 Å². The van der Waals surface area contributed by atoms with E-state index in [0.717, 1.165) is 16.0 Å². The minimum atomic E-state index is -0.268. The van der Waals surface area contributed by atoms with Gasteiger partial charge in [-0.15, -0.1) is 11.6 Å². The molecule has 0 fully saturated rings. The quantitative estimate of drug-likeness (QED) is 0.833. The number of nitrogens with one attached hydrogen (secondary N) is 1. The SMILES string of the molecule is COC[C@@H](C)Oc1ccc2nc(NC(=O)CCl)sc2c1. The Labute approximate surface area is 125 Å². The molecule has 0 saturated carbocycles. The van der Waals surface area contributed by atoms with Crippen molar-refractivity contribution in [1.82, 2.24) is 4.98 Å². The molecule has 0 aliphatic heterocycles. The van der Waals surface area contributed by atoms with Crippen LogP contribution in [0.5, 0.6) is 5.75 Å². The summed E-state index contributed by atoms with van der Waals surface area (Å²) < 4.78 is 11.7. The Morgan fingerprint density at radius 3 is 3.05 bits per heavy atom. The first kappa shape index (κ1) is 15.0. The first-order chi connectivity index (χ1) is 9.62. The molecule has 1 amide bonds. The van der Waals surface area contributed by atoms with Crippen LogP contribution in [0.2, 0.25) is 0 Å². The molecule has 0 radical (unpaired) electrons. The first-order valence-electron chi connectivity index (χ1n) is 6.04. The van der Waals surface area contributed by atoms with E-state index >= 15 is 0 Å². The van der Waals surface area contributed by atoms with Crippen LogP contribution < -0.4 is 10.1 Å². The van der Waals surface area contributed by atoms with Crippen LogP contribution in [0.15, 0.2) is 18.2 Å². The standard InChI is InChI=1S/C13H15ClN2O3S/c1-8(7-18-2)19-9-3-4-10-11(5-9)20-13(15-10)16-12(17)6-14/h3-5,8H,6-7H2,1-2H3,(H,15,16,17)/t8-/m1/s1. The molecule has 1 heterocycles. The Balaban J connectivity index is 2.15. The van der Waals surface area contributed by atoms with Crippen molar-refractivity contribution in [3.05, 3.63) is 18.2 Å². The third kappa shape index (κ3) is 3.82. The van der Waals surface area contributed by atoms with Gasteiger partial charge in [0.2, 0.25) is 5.91 Å². The molecule has 0 spiro atoms. The Bertz CT molecular complexity index is 602. The number of hydrogen-bond donors (Lipinski definition) is 1. The van der Waals surface area contributed by atoms with Gasteiger partial charge in [-0.3, -0.25) is 4.79 Å². The smallest absolute Gasteiger partial charge is 0.241 e. The number of benzene rings is 1. The number of fused-ring (bicyclic) bond motifs is 1. The lowest BCUT2D eigenvalue weighted by Gasteiger charge is -2.13. The van der Waals surface area contributed by atoms with Crippen molar-refractivity contribution in [2.75, 3.05) is 24.9 Å². The highest BCUT2D eigenvalue weighted by molar-refractivity contribution is 7.22. The van der Waals surface area contributed by atoms with Gasteiger partial charge in [0.1, 0.15) is 17.7 Å². The number of methoxy groups -OCH3 is 1. The summed E-state index contributed by atoms with van der Waals surface area (Å²) >= 11 is 6.83. The van der Waals surface area contributed by atoms with Crippen LogP contribution in [0.25, 0.3) is 10.2 Å². The van der Waals surface area contributed by atoms with Crippen molar-refractivity contribution in [3.63, 3.8) is 0 Å². The molecule has 1 aromatic carbocycles. The van der Waals surface area contributed by atoms with Gasteiger partial charge >= 0.3 is 0 Å². The van der Waals surface area contributed by atoms with Crippen LogP contribution in [-0.4, -0.2) is 36.6 Å². The Kier molecular flexibility index (Phi) is 5.17. The number of carbonyl (C=O) groups is 1. The van der Waals surface area contributed by atoms with Crippen LogP contribution in [0.3, 0.4) is 0 Å². The van der Waals surface area contributed by atoms with E-state index < -0.39 is 0 Å². The minimum Gasteiger partial charge on any atom is -0.488 e. The zero-order valence-corrected chi connectivity index (χ0v) is 12.8. The second kappa shape index (κ2) is 6.88. The second-order valence-electron chi connectivity index (χ2n) is 4.21. The van der Waals surface area contributed by atoms with Crippen molar-refractivity contribution in [3.8, 4) is 5.75 Å². The molecule has 1 N–H and O–H groups in total. The van der Waals surface area contributed by atoms with Gasteiger partial charge in [-0.1, -0.05) is 11.3 Å². The summed E-state index contributed by atoms with van der Waals surface area (Å²) in [5, 5.41) is 3.17. The third-order valence-electron chi connectivity index (χ3n) is 2.47. The van der Waals surface area contributed by atoms with E-state index in [1.807, 2.05) is 25.1 Å². The lowest BCUT2D eigenvalue weighted by molar-refractivity contribution is -0.113. The fraction of sp³-hybridized carbons (Fsp3) is 0.385. The topological polar surface area (TPSA) is 60.5 Å². The maximum absolute atomic E-state index is 11.2. The number of halogens is 1. The number of thiazole rings is 1. The first-order valence-corrected chi connectivity index (χ1v) is 7.39. The van der Waals surface area contributed by atoms with Crippen molar-refractivity contribution in [2.45, 2.75) is 13.0 Å². The molecule has 0 bridgehead atoms. The lowest BCUT2D eigenvalue weighted by atomic mass is 10.3. The Hall–Kier alpha value is -1.37. The van der Waals surface area contributed by atoms with E-state index in [-0.39, 0.29) is 17.9 Å². The molecule has 2 rings (SSSR count). The van der Waals surface area contributed by atoms with Gasteiger partial charge in [-0.05, 0) is 25.1 Å². The minimum absolute atomic E-state index is 0.0270. The van der Waals surface area contributed by atoms with E-state index in [4.69, 9.17) is 21.1 Å². The average molecular weight is 315 g/mol. The summed E-state index contributed by atoms with van der Waals surface area (Å²) in [6.45, 7) is 2.46. The van der Waals surface area contributed by atoms with Crippen LogP contribution in [0.1, 0.15) is 6.92 Å². The van der Waals surface area contributed by atoms with E-state index in [0.29, 0.717) is 11.7 Å². The fourth-order valence-electron chi connectivity index (χ4n) is 1.69. The van der Waals surface area contributed by atoms with Crippen molar-refractivity contribution >= 4 is 44.2 Å². The highest BCUT2D eigenvalue weighted by Gasteiger charge is 2.09. The summed E-state index contributed by atoms with van der Waals surface area (Å²) in [5.41, 5.74) is 0.812. The molecule has 20 heavy (non-hydrogen) atoms. The van der Waals surface area contributed by atoms with E-state index in [1.165, 1.54) is 11.3 Å². The van der Waals surface area contributed by atoms with Gasteiger partial charge in [0.25, 0.3) is 0 Å². The molecule has 0 unspecified atom stereocenters. The van der Waals surface area contributed by atoms with Gasteiger partial charge in [0, 0.05) is 7.11 Å². The average Bonchev–Trinajstić information content (AvgIpc) is 2.80. The summed E-state index contributed by atoms with van der Waals surface area (Å²) in [6, 6.07) is 5.61. The van der Waals surface area contributed by atoms with Crippen LogP contribution in [0, 0.1) is 0 Å². The highest BCUT2D eigenvalue weighted by atomic mass is 35.5. The Morgan fingerprint density at radius 1 is 1.55 bits per heavy atom. The molecule has 108 valence electrons. The molecular formula is C13H15ClN2O3S. The highest BCUT2D eigenvalue weighted by Crippen LogP contribution is 2.29. The van der Waals surface area contributed by atoms with Crippen LogP contribution in [-0.2, 0) is 9.53 Å². The number of nitrogens with zero attached hydrogens (tertiary/aromatic N) is 1. The largest absolute Gasteiger partial charge is 0.488 e. The summed E-state index contributed by atoms with van der Waals surface area (Å²) in [4.78, 5) is 15.5. The van der Waals surface area contributed by atoms with Gasteiger partial charge in [-0.2, -0.15) is 0 Å². The molecule has 7 heteroatoms. The Morgan fingerprint density at radius 2 is 2.35 bits per heavy atom. The number of ether oxygens (including phenoxy) is 2. The van der Waals surface area contributed by atoms with Gasteiger partial charge in [-0.25, -0.2) is 4.98 Å². The molecule has 0 saturated heterocycles. The molecule has 1 atom stereocenters. The molecule has 0 aliphatic carbocycles. The summed E-state index contributed by atoms with van der Waals surface area (Å²) in [6.07, 6.45) is -0.0270. The molecular weight excluding hydrogens is 300 g/mol. The predicted molar refractivity (Wildman–Crippen MR) is 80.9 cm³/mol. The van der Waals surface area contributed by atoms with Crippen LogP contribution >= 0.6 is 22.9 Å². The van der Waals surface area contributed by atoms with Crippen molar-refractivity contribution in [2.24, 2.45) is 0 Å². The number of amides is 1. The number of carbonyl (C=O) groups excluding carboxylic acids is 1.